The number of unbranched alkanes of at least 4 members (excludes halogenated alkanes) is 1. The lowest BCUT2D eigenvalue weighted by Crippen LogP contribution is -2.53. The van der Waals surface area contributed by atoms with Crippen LogP contribution in [-0.4, -0.2) is 30.3 Å². The third-order valence-corrected chi connectivity index (χ3v) is 4.10. The molecule has 0 radical (unpaired) electrons. The molecule has 1 saturated carbocycles. The molecular weight excluding hydrogens is 264 g/mol. The zero-order valence-corrected chi connectivity index (χ0v) is 14.5. The van der Waals surface area contributed by atoms with E-state index < -0.39 is 5.60 Å². The molecule has 0 spiro atoms. The highest BCUT2D eigenvalue weighted by atomic mass is 16.6. The number of ether oxygens (including phenoxy) is 1. The van der Waals surface area contributed by atoms with Crippen molar-refractivity contribution in [3.63, 3.8) is 0 Å². The van der Waals surface area contributed by atoms with Gasteiger partial charge in [0.1, 0.15) is 5.60 Å². The van der Waals surface area contributed by atoms with Gasteiger partial charge < -0.3 is 15.4 Å². The van der Waals surface area contributed by atoms with Crippen molar-refractivity contribution >= 4 is 6.09 Å². The lowest BCUT2D eigenvalue weighted by molar-refractivity contribution is 0.0464. The third kappa shape index (κ3) is 7.70. The molecule has 1 aliphatic carbocycles. The molecule has 2 N–H and O–H groups in total. The fraction of sp³-hybridized carbons (Fsp3) is 0.941. The Bertz CT molecular complexity index is 306. The van der Waals surface area contributed by atoms with Crippen molar-refractivity contribution in [3.8, 4) is 0 Å². The summed E-state index contributed by atoms with van der Waals surface area (Å²) in [7, 11) is 0. The second-order valence-electron chi connectivity index (χ2n) is 7.34. The van der Waals surface area contributed by atoms with Crippen molar-refractivity contribution in [2.75, 3.05) is 6.54 Å². The number of hydrogen-bond acceptors (Lipinski definition) is 3. The third-order valence-electron chi connectivity index (χ3n) is 4.10. The van der Waals surface area contributed by atoms with E-state index in [-0.39, 0.29) is 12.1 Å². The molecule has 0 aromatic carbocycles. The summed E-state index contributed by atoms with van der Waals surface area (Å²) in [5, 5.41) is 6.58. The first kappa shape index (κ1) is 18.3. The maximum atomic E-state index is 11.6. The molecule has 0 saturated heterocycles. The van der Waals surface area contributed by atoms with Gasteiger partial charge in [0, 0.05) is 12.1 Å². The molecule has 0 bridgehead atoms. The minimum absolute atomic E-state index is 0.271. The van der Waals surface area contributed by atoms with Crippen LogP contribution < -0.4 is 10.6 Å². The van der Waals surface area contributed by atoms with Gasteiger partial charge in [-0.2, -0.15) is 0 Å². The van der Waals surface area contributed by atoms with Crippen molar-refractivity contribution in [2.24, 2.45) is 5.92 Å². The van der Waals surface area contributed by atoms with Gasteiger partial charge in [0.15, 0.2) is 0 Å². The number of carbonyl (C=O) groups is 1. The van der Waals surface area contributed by atoms with Gasteiger partial charge in [-0.15, -0.1) is 0 Å². The van der Waals surface area contributed by atoms with Crippen molar-refractivity contribution in [2.45, 2.75) is 90.8 Å². The topological polar surface area (TPSA) is 50.4 Å². The van der Waals surface area contributed by atoms with E-state index in [0.29, 0.717) is 6.04 Å². The van der Waals surface area contributed by atoms with Crippen molar-refractivity contribution in [1.82, 2.24) is 10.6 Å². The first-order valence-corrected chi connectivity index (χ1v) is 8.57. The molecule has 0 aliphatic heterocycles. The van der Waals surface area contributed by atoms with Gasteiger partial charge in [-0.05, 0) is 52.5 Å². The standard InChI is InChI=1S/C17H34N2O2/c1-6-8-9-13(7-2)12-18-14-10-15(11-14)19-16(20)21-17(3,4)5/h13-15,18H,6-12H2,1-5H3,(H,19,20). The number of carbonyl (C=O) groups excluding carboxylic acids is 1. The summed E-state index contributed by atoms with van der Waals surface area (Å²) in [4.78, 5) is 11.6. The largest absolute Gasteiger partial charge is 0.444 e. The summed E-state index contributed by atoms with van der Waals surface area (Å²) in [5.41, 5.74) is -0.418. The van der Waals surface area contributed by atoms with Crippen LogP contribution in [0.4, 0.5) is 4.79 Å². The van der Waals surface area contributed by atoms with Gasteiger partial charge >= 0.3 is 6.09 Å². The van der Waals surface area contributed by atoms with Crippen LogP contribution in [0.5, 0.6) is 0 Å². The number of alkyl carbamates (subject to hydrolysis) is 1. The van der Waals surface area contributed by atoms with Gasteiger partial charge in [-0.3, -0.25) is 0 Å². The Morgan fingerprint density at radius 1 is 1.24 bits per heavy atom. The van der Waals surface area contributed by atoms with Crippen LogP contribution >= 0.6 is 0 Å². The smallest absolute Gasteiger partial charge is 0.407 e. The Morgan fingerprint density at radius 2 is 1.90 bits per heavy atom. The first-order chi connectivity index (χ1) is 9.84. The number of nitrogens with one attached hydrogen (secondary N) is 2. The molecular formula is C17H34N2O2. The maximum Gasteiger partial charge on any atom is 0.407 e. The van der Waals surface area contributed by atoms with Gasteiger partial charge in [0.25, 0.3) is 0 Å². The van der Waals surface area contributed by atoms with Crippen LogP contribution in [-0.2, 0) is 4.74 Å². The predicted octanol–water partition coefficient (Wildman–Crippen LogP) is 3.85. The fourth-order valence-electron chi connectivity index (χ4n) is 2.65. The van der Waals surface area contributed by atoms with E-state index in [2.05, 4.69) is 24.5 Å². The van der Waals surface area contributed by atoms with E-state index in [1.807, 2.05) is 20.8 Å². The minimum Gasteiger partial charge on any atom is -0.444 e. The zero-order chi connectivity index (χ0) is 15.9. The van der Waals surface area contributed by atoms with Crippen molar-refractivity contribution in [3.05, 3.63) is 0 Å². The zero-order valence-electron chi connectivity index (χ0n) is 14.5. The monoisotopic (exact) mass is 298 g/mol. The van der Waals surface area contributed by atoms with Crippen LogP contribution in [0, 0.1) is 5.92 Å². The Morgan fingerprint density at radius 3 is 2.43 bits per heavy atom. The average Bonchev–Trinajstić information content (AvgIpc) is 2.33. The minimum atomic E-state index is -0.418. The number of rotatable bonds is 8. The van der Waals surface area contributed by atoms with E-state index in [1.54, 1.807) is 0 Å². The summed E-state index contributed by atoms with van der Waals surface area (Å²) in [6.45, 7) is 11.3. The van der Waals surface area contributed by atoms with Crippen LogP contribution in [0.1, 0.15) is 73.1 Å². The molecule has 124 valence electrons. The summed E-state index contributed by atoms with van der Waals surface area (Å²) in [6.07, 6.45) is 6.92. The molecule has 1 atom stereocenters. The summed E-state index contributed by atoms with van der Waals surface area (Å²) >= 11 is 0. The summed E-state index contributed by atoms with van der Waals surface area (Å²) in [6, 6.07) is 0.827. The molecule has 0 aromatic rings. The van der Waals surface area contributed by atoms with Crippen LogP contribution in [0.2, 0.25) is 0 Å². The Labute approximate surface area is 130 Å². The fourth-order valence-corrected chi connectivity index (χ4v) is 2.65. The lowest BCUT2D eigenvalue weighted by Gasteiger charge is -2.37. The molecule has 21 heavy (non-hydrogen) atoms. The van der Waals surface area contributed by atoms with E-state index in [0.717, 1.165) is 25.3 Å². The Kier molecular flexibility index (Phi) is 7.50. The second kappa shape index (κ2) is 8.62. The number of hydrogen-bond donors (Lipinski definition) is 2. The van der Waals surface area contributed by atoms with Gasteiger partial charge in [-0.1, -0.05) is 33.1 Å². The maximum absolute atomic E-state index is 11.6. The van der Waals surface area contributed by atoms with E-state index in [4.69, 9.17) is 4.74 Å². The van der Waals surface area contributed by atoms with E-state index >= 15 is 0 Å². The molecule has 4 heteroatoms. The van der Waals surface area contributed by atoms with Gasteiger partial charge in [0.05, 0.1) is 0 Å². The quantitative estimate of drug-likeness (QED) is 0.715. The Balaban J connectivity index is 2.11. The highest BCUT2D eigenvalue weighted by Gasteiger charge is 2.31. The van der Waals surface area contributed by atoms with Gasteiger partial charge in [-0.25, -0.2) is 4.79 Å². The highest BCUT2D eigenvalue weighted by molar-refractivity contribution is 5.68. The van der Waals surface area contributed by atoms with E-state index in [9.17, 15) is 4.79 Å². The summed E-state index contributed by atoms with van der Waals surface area (Å²) < 4.78 is 5.27. The lowest BCUT2D eigenvalue weighted by atomic mass is 9.86. The molecule has 4 nitrogen and oxygen atoms in total. The molecule has 1 unspecified atom stereocenters. The van der Waals surface area contributed by atoms with Crippen LogP contribution in [0.3, 0.4) is 0 Å². The molecule has 0 aromatic heterocycles. The molecule has 1 aliphatic rings. The molecule has 1 amide bonds. The van der Waals surface area contributed by atoms with E-state index in [1.165, 1.54) is 25.7 Å². The molecule has 0 heterocycles. The van der Waals surface area contributed by atoms with Crippen LogP contribution in [0.15, 0.2) is 0 Å². The Hall–Kier alpha value is -0.770. The first-order valence-electron chi connectivity index (χ1n) is 8.57. The predicted molar refractivity (Wildman–Crippen MR) is 87.5 cm³/mol. The molecule has 1 fully saturated rings. The molecule has 1 rings (SSSR count). The number of amides is 1. The van der Waals surface area contributed by atoms with Crippen LogP contribution in [0.25, 0.3) is 0 Å². The van der Waals surface area contributed by atoms with Crippen molar-refractivity contribution < 1.29 is 9.53 Å². The van der Waals surface area contributed by atoms with Gasteiger partial charge in [0.2, 0.25) is 0 Å². The highest BCUT2D eigenvalue weighted by Crippen LogP contribution is 2.22. The average molecular weight is 298 g/mol. The second-order valence-corrected chi connectivity index (χ2v) is 7.34. The van der Waals surface area contributed by atoms with Crippen molar-refractivity contribution in [1.29, 1.82) is 0 Å². The summed E-state index contributed by atoms with van der Waals surface area (Å²) in [5.74, 6) is 0.794. The normalized spacial score (nSPS) is 23.3. The SMILES string of the molecule is CCCCC(CC)CNC1CC(NC(=O)OC(C)(C)C)C1.